The second kappa shape index (κ2) is 6.16. The van der Waals surface area contributed by atoms with Crippen LogP contribution in [-0.4, -0.2) is 32.6 Å². The number of amides is 1. The number of aliphatic hydroxyl groups is 1. The molecule has 1 amide bonds. The molecule has 2 aromatic rings. The molecule has 0 spiro atoms. The summed E-state index contributed by atoms with van der Waals surface area (Å²) in [6.45, 7) is 2.76. The number of nitrogens with zero attached hydrogens (tertiary/aromatic N) is 3. The molecule has 20 heavy (non-hydrogen) atoms. The molecule has 0 saturated heterocycles. The zero-order chi connectivity index (χ0) is 14.5. The van der Waals surface area contributed by atoms with E-state index in [1.165, 1.54) is 0 Å². The molecule has 1 aromatic carbocycles. The molecule has 2 rings (SSSR count). The van der Waals surface area contributed by atoms with Gasteiger partial charge in [-0.3, -0.25) is 4.79 Å². The maximum atomic E-state index is 11.3. The highest BCUT2D eigenvalue weighted by atomic mass is 16.3. The number of aromatic nitrogens is 3. The minimum absolute atomic E-state index is 0.0238. The highest BCUT2D eigenvalue weighted by Crippen LogP contribution is 2.19. The lowest BCUT2D eigenvalue weighted by atomic mass is 10.1. The van der Waals surface area contributed by atoms with Crippen LogP contribution in [0.1, 0.15) is 21.6 Å². The SMILES string of the molecule is Cc1c(NCc2cn(CCO)nn2)cccc1C(N)=O. The van der Waals surface area contributed by atoms with E-state index in [4.69, 9.17) is 10.8 Å². The van der Waals surface area contributed by atoms with Crippen LogP contribution in [-0.2, 0) is 13.1 Å². The maximum Gasteiger partial charge on any atom is 0.249 e. The van der Waals surface area contributed by atoms with Crippen molar-refractivity contribution in [3.05, 3.63) is 41.2 Å². The molecule has 0 aliphatic carbocycles. The van der Waals surface area contributed by atoms with E-state index in [0.717, 1.165) is 16.9 Å². The Morgan fingerprint density at radius 3 is 3.00 bits per heavy atom. The molecular formula is C13H17N5O2. The molecule has 4 N–H and O–H groups in total. The first-order valence-corrected chi connectivity index (χ1v) is 6.25. The fourth-order valence-electron chi connectivity index (χ4n) is 1.91. The number of benzene rings is 1. The zero-order valence-corrected chi connectivity index (χ0v) is 11.2. The first-order chi connectivity index (χ1) is 9.61. The predicted octanol–water partition coefficient (Wildman–Crippen LogP) is 0.290. The van der Waals surface area contributed by atoms with Crippen molar-refractivity contribution in [3.63, 3.8) is 0 Å². The number of carbonyl (C=O) groups excluding carboxylic acids is 1. The largest absolute Gasteiger partial charge is 0.394 e. The molecule has 7 heteroatoms. The van der Waals surface area contributed by atoms with Crippen LogP contribution in [0.5, 0.6) is 0 Å². The van der Waals surface area contributed by atoms with Crippen molar-refractivity contribution in [2.75, 3.05) is 11.9 Å². The van der Waals surface area contributed by atoms with Crippen molar-refractivity contribution in [3.8, 4) is 0 Å². The van der Waals surface area contributed by atoms with E-state index in [9.17, 15) is 4.79 Å². The lowest BCUT2D eigenvalue weighted by Crippen LogP contribution is -2.14. The van der Waals surface area contributed by atoms with Gasteiger partial charge in [0, 0.05) is 11.3 Å². The summed E-state index contributed by atoms with van der Waals surface area (Å²) in [6, 6.07) is 5.35. The summed E-state index contributed by atoms with van der Waals surface area (Å²) in [4.78, 5) is 11.3. The smallest absolute Gasteiger partial charge is 0.249 e. The van der Waals surface area contributed by atoms with Crippen LogP contribution in [0.3, 0.4) is 0 Å². The molecule has 0 aliphatic heterocycles. The molecule has 0 aliphatic rings. The second-order valence-corrected chi connectivity index (χ2v) is 4.39. The predicted molar refractivity (Wildman–Crippen MR) is 74.1 cm³/mol. The summed E-state index contributed by atoms with van der Waals surface area (Å²) in [5, 5.41) is 19.9. The summed E-state index contributed by atoms with van der Waals surface area (Å²) in [5.74, 6) is -0.444. The lowest BCUT2D eigenvalue weighted by molar-refractivity contribution is 0.1000. The van der Waals surface area contributed by atoms with Gasteiger partial charge in [-0.25, -0.2) is 4.68 Å². The molecule has 0 atom stereocenters. The highest BCUT2D eigenvalue weighted by Gasteiger charge is 2.08. The van der Waals surface area contributed by atoms with Crippen LogP contribution in [0, 0.1) is 6.92 Å². The molecule has 0 bridgehead atoms. The van der Waals surface area contributed by atoms with E-state index in [0.29, 0.717) is 18.7 Å². The van der Waals surface area contributed by atoms with Crippen molar-refractivity contribution >= 4 is 11.6 Å². The number of aliphatic hydroxyl groups excluding tert-OH is 1. The molecule has 1 heterocycles. The van der Waals surface area contributed by atoms with Crippen LogP contribution in [0.4, 0.5) is 5.69 Å². The molecule has 7 nitrogen and oxygen atoms in total. The topological polar surface area (TPSA) is 106 Å². The summed E-state index contributed by atoms with van der Waals surface area (Å²) >= 11 is 0. The van der Waals surface area contributed by atoms with Crippen molar-refractivity contribution in [2.24, 2.45) is 5.73 Å². The summed E-state index contributed by atoms with van der Waals surface area (Å²) in [6.07, 6.45) is 1.76. The Balaban J connectivity index is 2.06. The van der Waals surface area contributed by atoms with Crippen molar-refractivity contribution in [1.29, 1.82) is 0 Å². The number of hydrogen-bond acceptors (Lipinski definition) is 5. The second-order valence-electron chi connectivity index (χ2n) is 4.39. The molecular weight excluding hydrogens is 258 g/mol. The van der Waals surface area contributed by atoms with Gasteiger partial charge >= 0.3 is 0 Å². The number of nitrogens with one attached hydrogen (secondary N) is 1. The minimum Gasteiger partial charge on any atom is -0.394 e. The van der Waals surface area contributed by atoms with E-state index in [1.807, 2.05) is 13.0 Å². The van der Waals surface area contributed by atoms with Gasteiger partial charge in [-0.05, 0) is 24.6 Å². The van der Waals surface area contributed by atoms with Crippen LogP contribution in [0.2, 0.25) is 0 Å². The third-order valence-electron chi connectivity index (χ3n) is 2.97. The Labute approximate surface area is 116 Å². The average molecular weight is 275 g/mol. The average Bonchev–Trinajstić information content (AvgIpc) is 2.85. The van der Waals surface area contributed by atoms with Gasteiger partial charge < -0.3 is 16.2 Å². The monoisotopic (exact) mass is 275 g/mol. The van der Waals surface area contributed by atoms with Gasteiger partial charge in [0.1, 0.15) is 5.69 Å². The number of primary amides is 1. The van der Waals surface area contributed by atoms with E-state index in [1.54, 1.807) is 23.0 Å². The Morgan fingerprint density at radius 1 is 1.50 bits per heavy atom. The van der Waals surface area contributed by atoms with E-state index >= 15 is 0 Å². The molecule has 0 radical (unpaired) electrons. The fraction of sp³-hybridized carbons (Fsp3) is 0.308. The van der Waals surface area contributed by atoms with Gasteiger partial charge in [0.25, 0.3) is 0 Å². The summed E-state index contributed by atoms with van der Waals surface area (Å²) in [7, 11) is 0. The standard InChI is InChI=1S/C13H17N5O2/c1-9-11(13(14)20)3-2-4-12(9)15-7-10-8-18(5-6-19)17-16-10/h2-4,8,15,19H,5-7H2,1H3,(H2,14,20). The molecule has 0 unspecified atom stereocenters. The normalized spacial score (nSPS) is 10.5. The van der Waals surface area contributed by atoms with Crippen molar-refractivity contribution in [1.82, 2.24) is 15.0 Å². The molecule has 106 valence electrons. The summed E-state index contributed by atoms with van der Waals surface area (Å²) in [5.41, 5.74) is 8.20. The Morgan fingerprint density at radius 2 is 2.30 bits per heavy atom. The molecule has 0 fully saturated rings. The number of carbonyl (C=O) groups is 1. The summed E-state index contributed by atoms with van der Waals surface area (Å²) < 4.78 is 1.57. The molecule has 0 saturated carbocycles. The van der Waals surface area contributed by atoms with E-state index in [-0.39, 0.29) is 6.61 Å². The first kappa shape index (κ1) is 14.0. The van der Waals surface area contributed by atoms with Crippen molar-refractivity contribution < 1.29 is 9.90 Å². The lowest BCUT2D eigenvalue weighted by Gasteiger charge is -2.10. The number of rotatable bonds is 6. The Hall–Kier alpha value is -2.41. The number of nitrogens with two attached hydrogens (primary N) is 1. The maximum absolute atomic E-state index is 11.3. The van der Waals surface area contributed by atoms with Crippen LogP contribution < -0.4 is 11.1 Å². The number of hydrogen-bond donors (Lipinski definition) is 3. The van der Waals surface area contributed by atoms with E-state index < -0.39 is 5.91 Å². The molecule has 1 aromatic heterocycles. The van der Waals surface area contributed by atoms with Crippen LogP contribution in [0.15, 0.2) is 24.4 Å². The highest BCUT2D eigenvalue weighted by molar-refractivity contribution is 5.95. The van der Waals surface area contributed by atoms with Crippen LogP contribution in [0.25, 0.3) is 0 Å². The third-order valence-corrected chi connectivity index (χ3v) is 2.97. The third kappa shape index (κ3) is 3.12. The van der Waals surface area contributed by atoms with Gasteiger partial charge in [-0.1, -0.05) is 11.3 Å². The van der Waals surface area contributed by atoms with Gasteiger partial charge in [0.15, 0.2) is 0 Å². The Kier molecular flexibility index (Phi) is 4.31. The van der Waals surface area contributed by atoms with Gasteiger partial charge in [-0.2, -0.15) is 0 Å². The fourth-order valence-corrected chi connectivity index (χ4v) is 1.91. The quantitative estimate of drug-likeness (QED) is 0.702. The first-order valence-electron chi connectivity index (χ1n) is 6.25. The zero-order valence-electron chi connectivity index (χ0n) is 11.2. The van der Waals surface area contributed by atoms with Crippen LogP contribution >= 0.6 is 0 Å². The van der Waals surface area contributed by atoms with Gasteiger partial charge in [0.05, 0.1) is 25.9 Å². The van der Waals surface area contributed by atoms with Gasteiger partial charge in [-0.15, -0.1) is 5.10 Å². The Bertz CT molecular complexity index is 609. The van der Waals surface area contributed by atoms with E-state index in [2.05, 4.69) is 15.6 Å². The van der Waals surface area contributed by atoms with Gasteiger partial charge in [0.2, 0.25) is 5.91 Å². The minimum atomic E-state index is -0.444. The number of anilines is 1. The van der Waals surface area contributed by atoms with Crippen molar-refractivity contribution in [2.45, 2.75) is 20.0 Å².